The molecule has 1 saturated heterocycles. The molecule has 17 heavy (non-hydrogen) atoms. The zero-order valence-electron chi connectivity index (χ0n) is 10.2. The van der Waals surface area contributed by atoms with E-state index < -0.39 is 0 Å². The van der Waals surface area contributed by atoms with E-state index in [1.807, 2.05) is 30.0 Å². The number of hydrogen-bond donors (Lipinski definition) is 0. The van der Waals surface area contributed by atoms with Crippen LogP contribution in [0.1, 0.15) is 41.6 Å². The number of amides is 1. The maximum atomic E-state index is 12.4. The van der Waals surface area contributed by atoms with Crippen LogP contribution in [0.3, 0.4) is 0 Å². The zero-order chi connectivity index (χ0) is 12.3. The Balaban J connectivity index is 2.20. The Morgan fingerprint density at radius 3 is 2.47 bits per heavy atom. The van der Waals surface area contributed by atoms with Gasteiger partial charge in [0.15, 0.2) is 0 Å². The van der Waals surface area contributed by atoms with Crippen molar-refractivity contribution in [1.29, 1.82) is 0 Å². The molecule has 1 aliphatic heterocycles. The number of nitrogens with zero attached hydrogens (tertiary/aromatic N) is 1. The Morgan fingerprint density at radius 1 is 1.18 bits per heavy atom. The van der Waals surface area contributed by atoms with Gasteiger partial charge in [0, 0.05) is 23.1 Å². The lowest BCUT2D eigenvalue weighted by Gasteiger charge is -2.21. The molecule has 1 aromatic carbocycles. The van der Waals surface area contributed by atoms with Gasteiger partial charge in [0.1, 0.15) is 0 Å². The zero-order valence-corrected chi connectivity index (χ0v) is 11.8. The van der Waals surface area contributed by atoms with Crippen molar-refractivity contribution in [2.24, 2.45) is 0 Å². The maximum absolute atomic E-state index is 12.4. The van der Waals surface area contributed by atoms with Crippen LogP contribution in [0, 0.1) is 6.92 Å². The number of halogens is 1. The van der Waals surface area contributed by atoms with E-state index in [-0.39, 0.29) is 5.91 Å². The highest BCUT2D eigenvalue weighted by Crippen LogP contribution is 2.19. The topological polar surface area (TPSA) is 20.3 Å². The molecule has 0 N–H and O–H groups in total. The second-order valence-electron chi connectivity index (χ2n) is 4.67. The van der Waals surface area contributed by atoms with E-state index in [4.69, 9.17) is 0 Å². The van der Waals surface area contributed by atoms with Gasteiger partial charge < -0.3 is 4.90 Å². The van der Waals surface area contributed by atoms with Crippen LogP contribution in [-0.4, -0.2) is 23.9 Å². The Kier molecular flexibility index (Phi) is 4.21. The summed E-state index contributed by atoms with van der Waals surface area (Å²) in [5.41, 5.74) is 1.89. The van der Waals surface area contributed by atoms with Crippen molar-refractivity contribution in [3.05, 3.63) is 33.8 Å². The molecule has 1 amide bonds. The molecule has 0 atom stereocenters. The third kappa shape index (κ3) is 3.09. The fourth-order valence-electron chi connectivity index (χ4n) is 2.27. The molecule has 1 aliphatic rings. The molecular formula is C14H18BrNO. The number of aryl methyl sites for hydroxylation is 1. The first-order valence-electron chi connectivity index (χ1n) is 6.24. The molecule has 3 heteroatoms. The van der Waals surface area contributed by atoms with Gasteiger partial charge in [-0.15, -0.1) is 0 Å². The molecule has 0 unspecified atom stereocenters. The molecule has 0 bridgehead atoms. The fourth-order valence-corrected chi connectivity index (χ4v) is 2.63. The number of carbonyl (C=O) groups is 1. The van der Waals surface area contributed by atoms with Crippen LogP contribution in [0.4, 0.5) is 0 Å². The van der Waals surface area contributed by atoms with Gasteiger partial charge in [0.2, 0.25) is 0 Å². The van der Waals surface area contributed by atoms with Crippen molar-refractivity contribution >= 4 is 21.8 Å². The number of carbonyl (C=O) groups excluding carboxylic acids is 1. The first-order chi connectivity index (χ1) is 8.18. The van der Waals surface area contributed by atoms with Gasteiger partial charge in [-0.2, -0.15) is 0 Å². The van der Waals surface area contributed by atoms with Crippen LogP contribution in [0.15, 0.2) is 22.7 Å². The van der Waals surface area contributed by atoms with Crippen LogP contribution >= 0.6 is 15.9 Å². The van der Waals surface area contributed by atoms with Crippen LogP contribution in [0.5, 0.6) is 0 Å². The molecule has 0 saturated carbocycles. The lowest BCUT2D eigenvalue weighted by atomic mass is 10.1. The normalized spacial score (nSPS) is 16.7. The van der Waals surface area contributed by atoms with E-state index in [2.05, 4.69) is 15.9 Å². The third-order valence-corrected chi connectivity index (χ3v) is 3.82. The van der Waals surface area contributed by atoms with E-state index in [0.717, 1.165) is 41.5 Å². The van der Waals surface area contributed by atoms with Gasteiger partial charge in [-0.25, -0.2) is 0 Å². The predicted octanol–water partition coefficient (Wildman–Crippen LogP) is 3.77. The summed E-state index contributed by atoms with van der Waals surface area (Å²) in [5, 5.41) is 0. The summed E-state index contributed by atoms with van der Waals surface area (Å²) in [6, 6.07) is 5.91. The summed E-state index contributed by atoms with van der Waals surface area (Å²) in [4.78, 5) is 14.4. The largest absolute Gasteiger partial charge is 0.339 e. The second-order valence-corrected chi connectivity index (χ2v) is 5.58. The summed E-state index contributed by atoms with van der Waals surface area (Å²) in [6.07, 6.45) is 4.78. The molecule has 0 spiro atoms. The van der Waals surface area contributed by atoms with Gasteiger partial charge in [0.05, 0.1) is 0 Å². The number of hydrogen-bond acceptors (Lipinski definition) is 1. The molecule has 1 aromatic rings. The average Bonchev–Trinajstić information content (AvgIpc) is 2.60. The summed E-state index contributed by atoms with van der Waals surface area (Å²) in [5.74, 6) is 0.186. The summed E-state index contributed by atoms with van der Waals surface area (Å²) in [7, 11) is 0. The lowest BCUT2D eigenvalue weighted by Crippen LogP contribution is -2.32. The van der Waals surface area contributed by atoms with Crippen molar-refractivity contribution in [3.8, 4) is 0 Å². The molecule has 0 aromatic heterocycles. The number of rotatable bonds is 1. The van der Waals surface area contributed by atoms with Crippen molar-refractivity contribution < 1.29 is 4.79 Å². The van der Waals surface area contributed by atoms with Crippen LogP contribution in [0.2, 0.25) is 0 Å². The standard InChI is InChI=1S/C14H18BrNO/c1-11-6-7-12(15)10-13(11)14(17)16-8-4-2-3-5-9-16/h6-7,10H,2-5,8-9H2,1H3. The van der Waals surface area contributed by atoms with E-state index in [1.165, 1.54) is 12.8 Å². The quantitative estimate of drug-likeness (QED) is 0.772. The van der Waals surface area contributed by atoms with Crippen LogP contribution in [-0.2, 0) is 0 Å². The van der Waals surface area contributed by atoms with Crippen molar-refractivity contribution in [3.63, 3.8) is 0 Å². The highest BCUT2D eigenvalue weighted by Gasteiger charge is 2.18. The summed E-state index contributed by atoms with van der Waals surface area (Å²) >= 11 is 3.43. The van der Waals surface area contributed by atoms with Gasteiger partial charge in [-0.1, -0.05) is 34.8 Å². The lowest BCUT2D eigenvalue weighted by molar-refractivity contribution is 0.0761. The van der Waals surface area contributed by atoms with Crippen LogP contribution in [0.25, 0.3) is 0 Å². The minimum absolute atomic E-state index is 0.186. The molecule has 92 valence electrons. The molecule has 2 nitrogen and oxygen atoms in total. The van der Waals surface area contributed by atoms with Gasteiger partial charge >= 0.3 is 0 Å². The minimum Gasteiger partial charge on any atom is -0.339 e. The van der Waals surface area contributed by atoms with E-state index in [9.17, 15) is 4.79 Å². The Labute approximate surface area is 111 Å². The van der Waals surface area contributed by atoms with Gasteiger partial charge in [-0.3, -0.25) is 4.79 Å². The fraction of sp³-hybridized carbons (Fsp3) is 0.500. The average molecular weight is 296 g/mol. The minimum atomic E-state index is 0.186. The first kappa shape index (κ1) is 12.6. The molecule has 2 rings (SSSR count). The molecular weight excluding hydrogens is 278 g/mol. The Bertz CT molecular complexity index is 409. The van der Waals surface area contributed by atoms with Gasteiger partial charge in [0.25, 0.3) is 5.91 Å². The van der Waals surface area contributed by atoms with Crippen molar-refractivity contribution in [2.45, 2.75) is 32.6 Å². The monoisotopic (exact) mass is 295 g/mol. The Hall–Kier alpha value is -0.830. The van der Waals surface area contributed by atoms with E-state index in [0.29, 0.717) is 0 Å². The first-order valence-corrected chi connectivity index (χ1v) is 7.03. The van der Waals surface area contributed by atoms with E-state index >= 15 is 0 Å². The second kappa shape index (κ2) is 5.67. The summed E-state index contributed by atoms with van der Waals surface area (Å²) in [6.45, 7) is 3.81. The molecule has 0 aliphatic carbocycles. The number of benzene rings is 1. The predicted molar refractivity (Wildman–Crippen MR) is 73.3 cm³/mol. The SMILES string of the molecule is Cc1ccc(Br)cc1C(=O)N1CCCCCC1. The molecule has 0 radical (unpaired) electrons. The maximum Gasteiger partial charge on any atom is 0.254 e. The Morgan fingerprint density at radius 2 is 1.82 bits per heavy atom. The van der Waals surface area contributed by atoms with Crippen LogP contribution < -0.4 is 0 Å². The smallest absolute Gasteiger partial charge is 0.254 e. The highest BCUT2D eigenvalue weighted by molar-refractivity contribution is 9.10. The molecule has 1 fully saturated rings. The molecule has 1 heterocycles. The van der Waals surface area contributed by atoms with Crippen molar-refractivity contribution in [2.75, 3.05) is 13.1 Å². The van der Waals surface area contributed by atoms with E-state index in [1.54, 1.807) is 0 Å². The van der Waals surface area contributed by atoms with Crippen molar-refractivity contribution in [1.82, 2.24) is 4.90 Å². The summed E-state index contributed by atoms with van der Waals surface area (Å²) < 4.78 is 0.973. The highest BCUT2D eigenvalue weighted by atomic mass is 79.9. The number of likely N-dealkylation sites (tertiary alicyclic amines) is 1. The van der Waals surface area contributed by atoms with Gasteiger partial charge in [-0.05, 0) is 37.5 Å². The third-order valence-electron chi connectivity index (χ3n) is 3.32.